The molecule has 1 amide bonds. The van der Waals surface area contributed by atoms with E-state index in [9.17, 15) is 9.18 Å². The van der Waals surface area contributed by atoms with Crippen LogP contribution in [-0.4, -0.2) is 47.2 Å². The lowest BCUT2D eigenvalue weighted by atomic mass is 10.0. The fourth-order valence-corrected chi connectivity index (χ4v) is 4.04. The number of nitrogens with zero attached hydrogens (tertiary/aromatic N) is 4. The predicted octanol–water partition coefficient (Wildman–Crippen LogP) is 5.08. The van der Waals surface area contributed by atoms with Gasteiger partial charge >= 0.3 is 0 Å². The number of ether oxygens (including phenoxy) is 1. The first-order valence-corrected chi connectivity index (χ1v) is 11.6. The number of aromatic nitrogens is 3. The molecule has 9 heteroatoms. The van der Waals surface area contributed by atoms with Gasteiger partial charge in [-0.2, -0.15) is 0 Å². The van der Waals surface area contributed by atoms with Gasteiger partial charge in [0.15, 0.2) is 0 Å². The summed E-state index contributed by atoms with van der Waals surface area (Å²) < 4.78 is 18.4. The minimum Gasteiger partial charge on any atom is -0.378 e. The number of allylic oxidation sites excluding steroid dienone is 1. The Hall–Kier alpha value is -4.37. The van der Waals surface area contributed by atoms with Gasteiger partial charge in [-0.25, -0.2) is 19.3 Å². The van der Waals surface area contributed by atoms with Crippen molar-refractivity contribution in [1.29, 1.82) is 0 Å². The zero-order valence-corrected chi connectivity index (χ0v) is 19.7. The maximum absolute atomic E-state index is 13.0. The van der Waals surface area contributed by atoms with E-state index in [0.717, 1.165) is 52.7 Å². The van der Waals surface area contributed by atoms with E-state index in [1.807, 2.05) is 48.5 Å². The summed E-state index contributed by atoms with van der Waals surface area (Å²) in [6, 6.07) is 17.1. The van der Waals surface area contributed by atoms with E-state index < -0.39 is 11.7 Å². The number of fused-ring (bicyclic) bond motifs is 1. The van der Waals surface area contributed by atoms with Crippen LogP contribution in [0.2, 0.25) is 0 Å². The SMILES string of the molecule is C/C(F)=C/C(=O)Nc1cccc(-c2cccc3cnc(Nc4ccc(N5CCOCC5)nc4)nc23)c1. The number of carbonyl (C=O) groups is 1. The van der Waals surface area contributed by atoms with Crippen LogP contribution in [-0.2, 0) is 9.53 Å². The van der Waals surface area contributed by atoms with Crippen LogP contribution in [0, 0.1) is 0 Å². The monoisotopic (exact) mass is 484 g/mol. The van der Waals surface area contributed by atoms with E-state index in [0.29, 0.717) is 24.8 Å². The van der Waals surface area contributed by atoms with Gasteiger partial charge < -0.3 is 20.3 Å². The van der Waals surface area contributed by atoms with Gasteiger partial charge in [-0.15, -0.1) is 0 Å². The van der Waals surface area contributed by atoms with Crippen molar-refractivity contribution in [1.82, 2.24) is 15.0 Å². The van der Waals surface area contributed by atoms with Crippen molar-refractivity contribution in [3.63, 3.8) is 0 Å². The number of pyridine rings is 1. The van der Waals surface area contributed by atoms with Crippen LogP contribution in [0.15, 0.2) is 78.9 Å². The molecule has 0 saturated carbocycles. The summed E-state index contributed by atoms with van der Waals surface area (Å²) in [5, 5.41) is 6.80. The first-order chi connectivity index (χ1) is 17.5. The van der Waals surface area contributed by atoms with Crippen LogP contribution in [0.25, 0.3) is 22.0 Å². The molecule has 0 atom stereocenters. The average Bonchev–Trinajstić information content (AvgIpc) is 2.89. The molecule has 8 nitrogen and oxygen atoms in total. The summed E-state index contributed by atoms with van der Waals surface area (Å²) in [5.41, 5.74) is 3.85. The summed E-state index contributed by atoms with van der Waals surface area (Å²) in [7, 11) is 0. The topological polar surface area (TPSA) is 92.3 Å². The third-order valence-corrected chi connectivity index (χ3v) is 5.72. The molecular formula is C27H25FN6O2. The number of amides is 1. The Bertz CT molecular complexity index is 1410. The number of anilines is 4. The Morgan fingerprint density at radius 2 is 1.86 bits per heavy atom. The highest BCUT2D eigenvalue weighted by Crippen LogP contribution is 2.30. The zero-order valence-electron chi connectivity index (χ0n) is 19.7. The number of morpholine rings is 1. The number of rotatable bonds is 6. The molecule has 3 heterocycles. The highest BCUT2D eigenvalue weighted by Gasteiger charge is 2.13. The molecule has 0 bridgehead atoms. The third kappa shape index (κ3) is 5.47. The van der Waals surface area contributed by atoms with Gasteiger partial charge in [0.25, 0.3) is 5.91 Å². The quantitative estimate of drug-likeness (QED) is 0.369. The molecule has 0 aliphatic carbocycles. The van der Waals surface area contributed by atoms with Gasteiger partial charge in [0.1, 0.15) is 11.6 Å². The minimum absolute atomic E-state index is 0.448. The molecule has 0 spiro atoms. The van der Waals surface area contributed by atoms with E-state index in [2.05, 4.69) is 25.5 Å². The first-order valence-electron chi connectivity index (χ1n) is 11.6. The van der Waals surface area contributed by atoms with Crippen LogP contribution in [0.5, 0.6) is 0 Å². The second-order valence-corrected chi connectivity index (χ2v) is 8.37. The molecule has 1 fully saturated rings. The van der Waals surface area contributed by atoms with Crippen molar-refractivity contribution < 1.29 is 13.9 Å². The van der Waals surface area contributed by atoms with Crippen LogP contribution < -0.4 is 15.5 Å². The molecule has 0 unspecified atom stereocenters. The highest BCUT2D eigenvalue weighted by atomic mass is 19.1. The van der Waals surface area contributed by atoms with Gasteiger partial charge in [-0.3, -0.25) is 4.79 Å². The normalized spacial score (nSPS) is 14.1. The second kappa shape index (κ2) is 10.5. The Kier molecular flexibility index (Phi) is 6.81. The Labute approximate surface area is 207 Å². The lowest BCUT2D eigenvalue weighted by Crippen LogP contribution is -2.36. The molecule has 5 rings (SSSR count). The zero-order chi connectivity index (χ0) is 24.9. The first kappa shape index (κ1) is 23.4. The largest absolute Gasteiger partial charge is 0.378 e. The van der Waals surface area contributed by atoms with Gasteiger partial charge in [0, 0.05) is 42.0 Å². The number of hydrogen-bond acceptors (Lipinski definition) is 7. The van der Waals surface area contributed by atoms with E-state index in [-0.39, 0.29) is 0 Å². The Morgan fingerprint density at radius 1 is 1.03 bits per heavy atom. The van der Waals surface area contributed by atoms with Crippen LogP contribution in [0.4, 0.5) is 27.5 Å². The molecule has 2 aromatic carbocycles. The lowest BCUT2D eigenvalue weighted by molar-refractivity contribution is -0.112. The maximum atomic E-state index is 13.0. The van der Waals surface area contributed by atoms with E-state index >= 15 is 0 Å². The smallest absolute Gasteiger partial charge is 0.250 e. The summed E-state index contributed by atoms with van der Waals surface area (Å²) in [6.45, 7) is 4.30. The molecule has 36 heavy (non-hydrogen) atoms. The van der Waals surface area contributed by atoms with Crippen molar-refractivity contribution in [3.05, 3.63) is 78.9 Å². The number of nitrogens with one attached hydrogen (secondary N) is 2. The number of benzene rings is 2. The van der Waals surface area contributed by atoms with Crippen LogP contribution in [0.1, 0.15) is 6.92 Å². The molecule has 0 radical (unpaired) electrons. The minimum atomic E-state index is -0.555. The second-order valence-electron chi connectivity index (χ2n) is 8.37. The summed E-state index contributed by atoms with van der Waals surface area (Å²) in [5.74, 6) is 0.283. The van der Waals surface area contributed by atoms with Gasteiger partial charge in [0.2, 0.25) is 5.95 Å². The van der Waals surface area contributed by atoms with Gasteiger partial charge in [-0.1, -0.05) is 30.3 Å². The molecule has 1 saturated heterocycles. The van der Waals surface area contributed by atoms with Crippen LogP contribution >= 0.6 is 0 Å². The van der Waals surface area contributed by atoms with E-state index in [4.69, 9.17) is 9.72 Å². The molecule has 2 N–H and O–H groups in total. The molecule has 182 valence electrons. The number of hydrogen-bond donors (Lipinski definition) is 2. The fourth-order valence-electron chi connectivity index (χ4n) is 4.04. The van der Waals surface area contributed by atoms with Crippen molar-refractivity contribution in [2.24, 2.45) is 0 Å². The third-order valence-electron chi connectivity index (χ3n) is 5.72. The summed E-state index contributed by atoms with van der Waals surface area (Å²) in [4.78, 5) is 27.9. The van der Waals surface area contributed by atoms with E-state index in [1.54, 1.807) is 18.5 Å². The standard InChI is InChI=1S/C27H25FN6O2/c1-18(28)14-25(35)31-21-6-2-4-19(15-21)23-7-3-5-20-16-30-27(33-26(20)23)32-22-8-9-24(29-17-22)34-10-12-36-13-11-34/h2-9,14-17H,10-13H2,1H3,(H,31,35)(H,30,32,33)/b18-14-. The number of para-hydroxylation sites is 1. The molecular weight excluding hydrogens is 459 g/mol. The highest BCUT2D eigenvalue weighted by molar-refractivity contribution is 6.00. The molecule has 1 aliphatic rings. The molecule has 2 aromatic heterocycles. The number of halogens is 1. The summed E-state index contributed by atoms with van der Waals surface area (Å²) >= 11 is 0. The van der Waals surface area contributed by atoms with Gasteiger partial charge in [-0.05, 0) is 36.8 Å². The van der Waals surface area contributed by atoms with Crippen molar-refractivity contribution >= 4 is 40.0 Å². The van der Waals surface area contributed by atoms with Crippen molar-refractivity contribution in [3.8, 4) is 11.1 Å². The van der Waals surface area contributed by atoms with Gasteiger partial charge in [0.05, 0.1) is 30.6 Å². The Balaban J connectivity index is 1.39. The maximum Gasteiger partial charge on any atom is 0.250 e. The fraction of sp³-hybridized carbons (Fsp3) is 0.185. The average molecular weight is 485 g/mol. The molecule has 1 aliphatic heterocycles. The molecule has 4 aromatic rings. The van der Waals surface area contributed by atoms with Crippen LogP contribution in [0.3, 0.4) is 0 Å². The lowest BCUT2D eigenvalue weighted by Gasteiger charge is -2.27. The van der Waals surface area contributed by atoms with E-state index in [1.165, 1.54) is 6.92 Å². The summed E-state index contributed by atoms with van der Waals surface area (Å²) in [6.07, 6.45) is 4.45. The Morgan fingerprint density at radius 3 is 2.64 bits per heavy atom. The van der Waals surface area contributed by atoms with Crippen molar-refractivity contribution in [2.45, 2.75) is 6.92 Å². The predicted molar refractivity (Wildman–Crippen MR) is 139 cm³/mol. The number of carbonyl (C=O) groups excluding carboxylic acids is 1. The van der Waals surface area contributed by atoms with Crippen molar-refractivity contribution in [2.75, 3.05) is 41.8 Å².